The molecule has 0 aromatic heterocycles. The maximum atomic E-state index is 8.95. The summed E-state index contributed by atoms with van der Waals surface area (Å²) in [5, 5.41) is 8.95. The summed E-state index contributed by atoms with van der Waals surface area (Å²) in [5.41, 5.74) is 1.92. The average Bonchev–Trinajstić information content (AvgIpc) is 2.14. The minimum Gasteiger partial charge on any atom is -0.392 e. The van der Waals surface area contributed by atoms with Gasteiger partial charge < -0.3 is 9.84 Å². The molecule has 0 saturated carbocycles. The van der Waals surface area contributed by atoms with Crippen molar-refractivity contribution in [1.29, 1.82) is 0 Å². The standard InChI is InChI=1S/C12H18O2/c1-12(2,3)14-9-11-6-4-5-10(7-11)8-13/h4-7,13H,8-9H2,1-3H3. The van der Waals surface area contributed by atoms with Gasteiger partial charge in [0.2, 0.25) is 0 Å². The first-order valence-electron chi connectivity index (χ1n) is 4.84. The largest absolute Gasteiger partial charge is 0.392 e. The SMILES string of the molecule is CC(C)(C)OCc1cccc(CO)c1. The van der Waals surface area contributed by atoms with Gasteiger partial charge in [-0.3, -0.25) is 0 Å². The molecule has 0 unspecified atom stereocenters. The number of hydrogen-bond donors (Lipinski definition) is 1. The molecule has 0 aliphatic carbocycles. The van der Waals surface area contributed by atoms with Crippen molar-refractivity contribution in [2.24, 2.45) is 0 Å². The zero-order valence-electron chi connectivity index (χ0n) is 9.08. The van der Waals surface area contributed by atoms with Gasteiger partial charge in [0.15, 0.2) is 0 Å². The first kappa shape index (κ1) is 11.2. The second kappa shape index (κ2) is 4.58. The highest BCUT2D eigenvalue weighted by molar-refractivity contribution is 5.22. The minimum absolute atomic E-state index is 0.0867. The van der Waals surface area contributed by atoms with Crippen LogP contribution in [0.5, 0.6) is 0 Å². The molecule has 0 radical (unpaired) electrons. The highest BCUT2D eigenvalue weighted by atomic mass is 16.5. The monoisotopic (exact) mass is 194 g/mol. The third kappa shape index (κ3) is 3.90. The molecule has 1 aromatic rings. The number of benzene rings is 1. The van der Waals surface area contributed by atoms with Gasteiger partial charge in [-0.15, -0.1) is 0 Å². The van der Waals surface area contributed by atoms with Crippen molar-refractivity contribution in [1.82, 2.24) is 0 Å². The highest BCUT2D eigenvalue weighted by Crippen LogP contribution is 2.12. The smallest absolute Gasteiger partial charge is 0.0724 e. The fraction of sp³-hybridized carbons (Fsp3) is 0.500. The molecule has 0 amide bonds. The van der Waals surface area contributed by atoms with E-state index in [9.17, 15) is 0 Å². The first-order chi connectivity index (χ1) is 6.51. The molecule has 0 saturated heterocycles. The fourth-order valence-electron chi connectivity index (χ4n) is 1.12. The maximum Gasteiger partial charge on any atom is 0.0724 e. The predicted molar refractivity (Wildman–Crippen MR) is 56.9 cm³/mol. The van der Waals surface area contributed by atoms with Gasteiger partial charge in [-0.25, -0.2) is 0 Å². The third-order valence-corrected chi connectivity index (χ3v) is 1.85. The van der Waals surface area contributed by atoms with E-state index in [0.717, 1.165) is 11.1 Å². The normalized spacial score (nSPS) is 11.7. The van der Waals surface area contributed by atoms with Gasteiger partial charge >= 0.3 is 0 Å². The van der Waals surface area contributed by atoms with E-state index in [2.05, 4.69) is 0 Å². The van der Waals surface area contributed by atoms with E-state index in [1.54, 1.807) is 0 Å². The number of hydrogen-bond acceptors (Lipinski definition) is 2. The summed E-state index contributed by atoms with van der Waals surface area (Å²) >= 11 is 0. The number of aliphatic hydroxyl groups excluding tert-OH is 1. The van der Waals surface area contributed by atoms with E-state index in [1.165, 1.54) is 0 Å². The van der Waals surface area contributed by atoms with Crippen molar-refractivity contribution in [3.8, 4) is 0 Å². The molecule has 14 heavy (non-hydrogen) atoms. The van der Waals surface area contributed by atoms with E-state index >= 15 is 0 Å². The molecule has 0 fully saturated rings. The molecular weight excluding hydrogens is 176 g/mol. The molecule has 0 spiro atoms. The average molecular weight is 194 g/mol. The maximum absolute atomic E-state index is 8.95. The Balaban J connectivity index is 2.59. The third-order valence-electron chi connectivity index (χ3n) is 1.85. The van der Waals surface area contributed by atoms with Crippen LogP contribution in [0, 0.1) is 0 Å². The van der Waals surface area contributed by atoms with Gasteiger partial charge in [0.25, 0.3) is 0 Å². The molecule has 0 aliphatic heterocycles. The summed E-state index contributed by atoms with van der Waals surface area (Å²) in [7, 11) is 0. The Bertz CT molecular complexity index is 287. The van der Waals surface area contributed by atoms with E-state index in [1.807, 2.05) is 45.0 Å². The Labute approximate surface area is 85.5 Å². The molecule has 1 N–H and O–H groups in total. The minimum atomic E-state index is -0.116. The van der Waals surface area contributed by atoms with Gasteiger partial charge in [0.1, 0.15) is 0 Å². The molecule has 78 valence electrons. The Morgan fingerprint density at radius 3 is 2.43 bits per heavy atom. The molecule has 1 aromatic carbocycles. The topological polar surface area (TPSA) is 29.5 Å². The Morgan fingerprint density at radius 1 is 1.21 bits per heavy atom. The van der Waals surface area contributed by atoms with Crippen LogP contribution in [0.3, 0.4) is 0 Å². The van der Waals surface area contributed by atoms with Crippen molar-refractivity contribution < 1.29 is 9.84 Å². The Kier molecular flexibility index (Phi) is 3.67. The van der Waals surface area contributed by atoms with E-state index in [0.29, 0.717) is 6.61 Å². The fourth-order valence-corrected chi connectivity index (χ4v) is 1.12. The molecular formula is C12H18O2. The van der Waals surface area contributed by atoms with Crippen molar-refractivity contribution in [3.05, 3.63) is 35.4 Å². The van der Waals surface area contributed by atoms with Crippen LogP contribution in [0.25, 0.3) is 0 Å². The lowest BCUT2D eigenvalue weighted by molar-refractivity contribution is -0.0150. The van der Waals surface area contributed by atoms with Crippen LogP contribution in [0.1, 0.15) is 31.9 Å². The van der Waals surface area contributed by atoms with E-state index in [4.69, 9.17) is 9.84 Å². The van der Waals surface area contributed by atoms with Crippen LogP contribution in [-0.2, 0) is 18.0 Å². The summed E-state index contributed by atoms with van der Waals surface area (Å²) in [6.07, 6.45) is 0. The number of ether oxygens (including phenoxy) is 1. The van der Waals surface area contributed by atoms with Gasteiger partial charge in [0.05, 0.1) is 18.8 Å². The molecule has 2 heteroatoms. The van der Waals surface area contributed by atoms with Crippen LogP contribution in [0.2, 0.25) is 0 Å². The summed E-state index contributed by atoms with van der Waals surface area (Å²) in [6, 6.07) is 7.81. The summed E-state index contributed by atoms with van der Waals surface area (Å²) < 4.78 is 5.63. The van der Waals surface area contributed by atoms with E-state index in [-0.39, 0.29) is 12.2 Å². The van der Waals surface area contributed by atoms with Gasteiger partial charge in [-0.2, -0.15) is 0 Å². The molecule has 0 atom stereocenters. The molecule has 1 rings (SSSR count). The lowest BCUT2D eigenvalue weighted by Crippen LogP contribution is -2.18. The zero-order valence-corrected chi connectivity index (χ0v) is 9.08. The van der Waals surface area contributed by atoms with Crippen molar-refractivity contribution in [3.63, 3.8) is 0 Å². The molecule has 0 bridgehead atoms. The van der Waals surface area contributed by atoms with Crippen LogP contribution in [-0.4, -0.2) is 10.7 Å². The summed E-state index contributed by atoms with van der Waals surface area (Å²) in [4.78, 5) is 0. The molecule has 0 heterocycles. The van der Waals surface area contributed by atoms with Crippen molar-refractivity contribution in [2.45, 2.75) is 39.6 Å². The Morgan fingerprint density at radius 2 is 1.86 bits per heavy atom. The van der Waals surface area contributed by atoms with Crippen LogP contribution < -0.4 is 0 Å². The van der Waals surface area contributed by atoms with Crippen molar-refractivity contribution in [2.75, 3.05) is 0 Å². The number of rotatable bonds is 3. The number of aliphatic hydroxyl groups is 1. The van der Waals surface area contributed by atoms with Crippen molar-refractivity contribution >= 4 is 0 Å². The quantitative estimate of drug-likeness (QED) is 0.801. The Hall–Kier alpha value is -0.860. The second-order valence-corrected chi connectivity index (χ2v) is 4.38. The lowest BCUT2D eigenvalue weighted by Gasteiger charge is -2.19. The summed E-state index contributed by atoms with van der Waals surface area (Å²) in [5.74, 6) is 0. The predicted octanol–water partition coefficient (Wildman–Crippen LogP) is 2.49. The van der Waals surface area contributed by atoms with Gasteiger partial charge in [-0.05, 0) is 31.9 Å². The van der Waals surface area contributed by atoms with Crippen LogP contribution in [0.15, 0.2) is 24.3 Å². The highest BCUT2D eigenvalue weighted by Gasteiger charge is 2.09. The second-order valence-electron chi connectivity index (χ2n) is 4.38. The van der Waals surface area contributed by atoms with Crippen LogP contribution >= 0.6 is 0 Å². The van der Waals surface area contributed by atoms with E-state index < -0.39 is 0 Å². The van der Waals surface area contributed by atoms with Gasteiger partial charge in [-0.1, -0.05) is 24.3 Å². The first-order valence-corrected chi connectivity index (χ1v) is 4.84. The zero-order chi connectivity index (χ0) is 10.6. The van der Waals surface area contributed by atoms with Crippen LogP contribution in [0.4, 0.5) is 0 Å². The molecule has 2 nitrogen and oxygen atoms in total. The lowest BCUT2D eigenvalue weighted by atomic mass is 10.1. The molecule has 0 aliphatic rings. The summed E-state index contributed by atoms with van der Waals surface area (Å²) in [6.45, 7) is 6.77. The van der Waals surface area contributed by atoms with Gasteiger partial charge in [0, 0.05) is 0 Å².